The molecule has 0 spiro atoms. The number of anilines is 1. The largest absolute Gasteiger partial charge is 0.493 e. The van der Waals surface area contributed by atoms with E-state index in [2.05, 4.69) is 15.1 Å². The molecule has 178 valence electrons. The molecule has 2 aromatic heterocycles. The van der Waals surface area contributed by atoms with Gasteiger partial charge < -0.3 is 15.6 Å². The summed E-state index contributed by atoms with van der Waals surface area (Å²) in [5, 5.41) is 13.1. The molecule has 3 aromatic rings. The molecule has 1 fully saturated rings. The van der Waals surface area contributed by atoms with Gasteiger partial charge in [-0.1, -0.05) is 11.6 Å². The normalized spacial score (nSPS) is 15.9. The molecule has 1 atom stereocenters. The van der Waals surface area contributed by atoms with Crippen LogP contribution in [0.5, 0.6) is 5.75 Å². The van der Waals surface area contributed by atoms with E-state index in [0.29, 0.717) is 36.5 Å². The van der Waals surface area contributed by atoms with Crippen LogP contribution in [-0.4, -0.2) is 62.6 Å². The van der Waals surface area contributed by atoms with Crippen molar-refractivity contribution in [3.63, 3.8) is 0 Å². The lowest BCUT2D eigenvalue weighted by Gasteiger charge is -2.40. The van der Waals surface area contributed by atoms with E-state index in [4.69, 9.17) is 27.2 Å². The molecule has 1 saturated heterocycles. The molecular weight excluding hydrogens is 461 g/mol. The number of halogens is 4. The fourth-order valence-corrected chi connectivity index (χ4v) is 4.50. The van der Waals surface area contributed by atoms with Crippen LogP contribution < -0.4 is 10.5 Å². The smallest absolute Gasteiger partial charge is 0.282 e. The number of benzene rings is 1. The van der Waals surface area contributed by atoms with E-state index in [1.807, 2.05) is 4.90 Å². The first-order valence-electron chi connectivity index (χ1n) is 10.5. The summed E-state index contributed by atoms with van der Waals surface area (Å²) in [4.78, 5) is 9.91. The number of rotatable bonds is 8. The van der Waals surface area contributed by atoms with Crippen LogP contribution in [0.4, 0.5) is 19.0 Å². The fraction of sp³-hybridized carbons (Fsp3) is 0.476. The van der Waals surface area contributed by atoms with E-state index in [1.54, 1.807) is 13.8 Å². The molecule has 8 nitrogen and oxygen atoms in total. The van der Waals surface area contributed by atoms with E-state index < -0.39 is 24.0 Å². The number of likely N-dealkylation sites (tertiary alicyclic amines) is 1. The second kappa shape index (κ2) is 9.32. The highest BCUT2D eigenvalue weighted by molar-refractivity contribution is 6.31. The SMILES string of the molecule is CCOc1c([C@@H](C)n2nc(C(F)F)c3c(N)ncnc32)cc(Cl)c(F)c1C1CN(CCO)C1. The van der Waals surface area contributed by atoms with Crippen molar-refractivity contribution in [3.8, 4) is 5.75 Å². The van der Waals surface area contributed by atoms with Crippen LogP contribution >= 0.6 is 11.6 Å². The van der Waals surface area contributed by atoms with E-state index >= 15 is 4.39 Å². The summed E-state index contributed by atoms with van der Waals surface area (Å²) in [5.41, 5.74) is 6.26. The minimum absolute atomic E-state index is 0.00911. The zero-order valence-electron chi connectivity index (χ0n) is 18.1. The van der Waals surface area contributed by atoms with E-state index in [-0.39, 0.29) is 41.0 Å². The predicted molar refractivity (Wildman–Crippen MR) is 117 cm³/mol. The Balaban J connectivity index is 1.85. The maximum absolute atomic E-state index is 15.2. The van der Waals surface area contributed by atoms with Gasteiger partial charge in [-0.25, -0.2) is 27.8 Å². The molecule has 33 heavy (non-hydrogen) atoms. The first-order valence-corrected chi connectivity index (χ1v) is 10.9. The van der Waals surface area contributed by atoms with Gasteiger partial charge >= 0.3 is 0 Å². The fourth-order valence-electron chi connectivity index (χ4n) is 4.28. The second-order valence-electron chi connectivity index (χ2n) is 7.88. The van der Waals surface area contributed by atoms with Crippen LogP contribution in [0.25, 0.3) is 11.0 Å². The molecule has 1 aliphatic heterocycles. The summed E-state index contributed by atoms with van der Waals surface area (Å²) < 4.78 is 49.8. The van der Waals surface area contributed by atoms with Crippen LogP contribution in [-0.2, 0) is 0 Å². The minimum Gasteiger partial charge on any atom is -0.493 e. The summed E-state index contributed by atoms with van der Waals surface area (Å²) in [6.45, 7) is 5.33. The van der Waals surface area contributed by atoms with Crippen LogP contribution in [0, 0.1) is 5.82 Å². The third-order valence-corrected chi connectivity index (χ3v) is 6.15. The number of nitrogens with two attached hydrogens (primary N) is 1. The first kappa shape index (κ1) is 23.5. The third-order valence-electron chi connectivity index (χ3n) is 5.87. The second-order valence-corrected chi connectivity index (χ2v) is 8.29. The van der Waals surface area contributed by atoms with Crippen molar-refractivity contribution in [2.75, 3.05) is 38.6 Å². The highest BCUT2D eigenvalue weighted by atomic mass is 35.5. The van der Waals surface area contributed by atoms with Crippen LogP contribution in [0.1, 0.15) is 49.1 Å². The molecule has 0 bridgehead atoms. The van der Waals surface area contributed by atoms with Gasteiger partial charge in [0, 0.05) is 36.7 Å². The van der Waals surface area contributed by atoms with E-state index in [0.717, 1.165) is 0 Å². The molecule has 0 amide bonds. The molecule has 4 rings (SSSR count). The lowest BCUT2D eigenvalue weighted by Crippen LogP contribution is -2.46. The van der Waals surface area contributed by atoms with Gasteiger partial charge in [-0.2, -0.15) is 5.10 Å². The number of nitrogens with zero attached hydrogens (tertiary/aromatic N) is 5. The van der Waals surface area contributed by atoms with Crippen molar-refractivity contribution in [2.45, 2.75) is 32.2 Å². The average Bonchev–Trinajstić information content (AvgIpc) is 3.15. The first-order chi connectivity index (χ1) is 15.8. The Bertz CT molecular complexity index is 1170. The average molecular weight is 485 g/mol. The Morgan fingerprint density at radius 3 is 2.70 bits per heavy atom. The number of hydrogen-bond donors (Lipinski definition) is 2. The lowest BCUT2D eigenvalue weighted by atomic mass is 9.87. The number of aliphatic hydroxyl groups excluding tert-OH is 1. The van der Waals surface area contributed by atoms with Crippen LogP contribution in [0.3, 0.4) is 0 Å². The zero-order valence-corrected chi connectivity index (χ0v) is 18.9. The minimum atomic E-state index is -2.89. The standard InChI is InChI=1S/C21H24ClF3N6O2/c1-3-33-18-12(6-13(22)16(23)14(18)11-7-30(8-11)4-5-32)10(2)31-21-15(17(29-31)19(24)25)20(26)27-9-28-21/h6,9-11,19,32H,3-5,7-8H2,1-2H3,(H2,26,27,28)/t10-/m1/s1. The molecule has 12 heteroatoms. The maximum Gasteiger partial charge on any atom is 0.282 e. The van der Waals surface area contributed by atoms with Crippen molar-refractivity contribution in [1.29, 1.82) is 0 Å². The molecule has 3 heterocycles. The van der Waals surface area contributed by atoms with Gasteiger partial charge in [-0.15, -0.1) is 0 Å². The van der Waals surface area contributed by atoms with Gasteiger partial charge in [0.05, 0.1) is 29.7 Å². The monoisotopic (exact) mass is 484 g/mol. The number of aromatic nitrogens is 4. The van der Waals surface area contributed by atoms with Gasteiger partial charge in [-0.3, -0.25) is 4.90 Å². The predicted octanol–water partition coefficient (Wildman–Crippen LogP) is 3.54. The maximum atomic E-state index is 15.2. The molecule has 1 aromatic carbocycles. The summed E-state index contributed by atoms with van der Waals surface area (Å²) in [6.07, 6.45) is -1.71. The molecule has 0 saturated carbocycles. The molecule has 3 N–H and O–H groups in total. The molecule has 1 aliphatic rings. The highest BCUT2D eigenvalue weighted by Gasteiger charge is 2.36. The number of fused-ring (bicyclic) bond motifs is 1. The number of hydrogen-bond acceptors (Lipinski definition) is 7. The quantitative estimate of drug-likeness (QED) is 0.504. The molecular formula is C21H24ClF3N6O2. The Labute approximate surface area is 193 Å². The lowest BCUT2D eigenvalue weighted by molar-refractivity contribution is 0.112. The summed E-state index contributed by atoms with van der Waals surface area (Å²) in [6, 6.07) is 0.752. The van der Waals surface area contributed by atoms with Crippen molar-refractivity contribution in [2.24, 2.45) is 0 Å². The van der Waals surface area contributed by atoms with E-state index in [9.17, 15) is 8.78 Å². The van der Waals surface area contributed by atoms with Crippen molar-refractivity contribution in [3.05, 3.63) is 40.1 Å². The zero-order chi connectivity index (χ0) is 23.9. The molecule has 0 unspecified atom stereocenters. The van der Waals surface area contributed by atoms with Gasteiger partial charge in [0.25, 0.3) is 6.43 Å². The summed E-state index contributed by atoms with van der Waals surface area (Å²) >= 11 is 6.27. The third kappa shape index (κ3) is 4.09. The van der Waals surface area contributed by atoms with Gasteiger partial charge in [-0.05, 0) is 19.9 Å². The van der Waals surface area contributed by atoms with E-state index in [1.165, 1.54) is 17.1 Å². The van der Waals surface area contributed by atoms with Crippen LogP contribution in [0.2, 0.25) is 5.02 Å². The number of β-amino-alcohol motifs (C(OH)–C–C–N with tert-alkyl or cyclic N) is 1. The summed E-state index contributed by atoms with van der Waals surface area (Å²) in [7, 11) is 0. The number of aliphatic hydroxyl groups is 1. The Morgan fingerprint density at radius 1 is 1.33 bits per heavy atom. The molecule has 0 aliphatic carbocycles. The number of alkyl halides is 2. The topological polar surface area (TPSA) is 102 Å². The highest BCUT2D eigenvalue weighted by Crippen LogP contribution is 2.44. The Morgan fingerprint density at radius 2 is 2.06 bits per heavy atom. The summed E-state index contributed by atoms with van der Waals surface area (Å²) in [5.74, 6) is -0.554. The van der Waals surface area contributed by atoms with Gasteiger partial charge in [0.15, 0.2) is 5.65 Å². The van der Waals surface area contributed by atoms with Gasteiger partial charge in [0.1, 0.15) is 29.4 Å². The number of ether oxygens (including phenoxy) is 1. The van der Waals surface area contributed by atoms with Gasteiger partial charge in [0.2, 0.25) is 0 Å². The van der Waals surface area contributed by atoms with Crippen molar-refractivity contribution in [1.82, 2.24) is 24.6 Å². The Hall–Kier alpha value is -2.63. The molecule has 0 radical (unpaired) electrons. The number of nitrogen functional groups attached to an aromatic ring is 1. The van der Waals surface area contributed by atoms with Crippen molar-refractivity contribution < 1.29 is 23.0 Å². The van der Waals surface area contributed by atoms with Crippen molar-refractivity contribution >= 4 is 28.5 Å². The van der Waals surface area contributed by atoms with Crippen LogP contribution in [0.15, 0.2) is 12.4 Å². The Kier molecular flexibility index (Phi) is 6.64.